The van der Waals surface area contributed by atoms with Crippen LogP contribution in [-0.4, -0.2) is 57.3 Å². The van der Waals surface area contributed by atoms with Gasteiger partial charge >= 0.3 is 11.9 Å². The van der Waals surface area contributed by atoms with E-state index < -0.39 is 23.8 Å². The highest BCUT2D eigenvalue weighted by Crippen LogP contribution is 2.37. The fourth-order valence-electron chi connectivity index (χ4n) is 6.63. The number of aryl methyl sites for hydroxylation is 4. The van der Waals surface area contributed by atoms with Crippen molar-refractivity contribution in [2.24, 2.45) is 11.5 Å². The third-order valence-corrected chi connectivity index (χ3v) is 10.00. The Kier molecular flexibility index (Phi) is 13.7. The molecule has 0 radical (unpaired) electrons. The molecule has 0 spiro atoms. The van der Waals surface area contributed by atoms with Crippen LogP contribution in [0.1, 0.15) is 56.1 Å². The highest BCUT2D eigenvalue weighted by molar-refractivity contribution is 6.33. The van der Waals surface area contributed by atoms with E-state index in [-0.39, 0.29) is 12.8 Å². The van der Waals surface area contributed by atoms with Crippen LogP contribution < -0.4 is 20.9 Å². The second kappa shape index (κ2) is 18.6. The number of nitrogens with two attached hydrogens (primary N) is 2. The zero-order valence-corrected chi connectivity index (χ0v) is 33.7. The number of carbonyl (C=O) groups is 4. The maximum Gasteiger partial charge on any atom is 0.303 e. The molecule has 2 heterocycles. The quantitative estimate of drug-likeness (QED) is 0.0841. The monoisotopic (exact) mass is 824 g/mol. The Morgan fingerprint density at radius 2 is 1.09 bits per heavy atom. The first-order chi connectivity index (χ1) is 27.6. The molecule has 58 heavy (non-hydrogen) atoms. The molecule has 0 saturated heterocycles. The predicted octanol–water partition coefficient (Wildman–Crippen LogP) is 8.46. The number of halogens is 2. The van der Waals surface area contributed by atoms with Crippen molar-refractivity contribution in [3.63, 3.8) is 0 Å². The summed E-state index contributed by atoms with van der Waals surface area (Å²) in [4.78, 5) is 45.3. The van der Waals surface area contributed by atoms with Gasteiger partial charge in [0, 0.05) is 50.0 Å². The Morgan fingerprint density at radius 1 is 0.603 bits per heavy atom. The molecule has 0 aliphatic carbocycles. The largest absolute Gasteiger partial charge is 0.497 e. The summed E-state index contributed by atoms with van der Waals surface area (Å²) in [6, 6.07) is 28.8. The van der Waals surface area contributed by atoms with Crippen molar-refractivity contribution in [3.8, 4) is 45.4 Å². The lowest BCUT2D eigenvalue weighted by Gasteiger charge is -2.18. The maximum atomic E-state index is 11.5. The van der Waals surface area contributed by atoms with Crippen LogP contribution in [0.5, 0.6) is 11.5 Å². The van der Waals surface area contributed by atoms with Gasteiger partial charge in [-0.2, -0.15) is 0 Å². The fourth-order valence-corrected chi connectivity index (χ4v) is 7.06. The molecule has 0 saturated carbocycles. The van der Waals surface area contributed by atoms with E-state index >= 15 is 0 Å². The van der Waals surface area contributed by atoms with Gasteiger partial charge in [0.25, 0.3) is 0 Å². The number of aromatic nitrogens is 2. The van der Waals surface area contributed by atoms with E-state index in [1.807, 2.05) is 71.5 Å². The van der Waals surface area contributed by atoms with Gasteiger partial charge in [0.15, 0.2) is 0 Å². The number of nitrogens with zero attached hydrogens (tertiary/aromatic N) is 2. The number of aliphatic carboxylic acids is 2. The average molecular weight is 826 g/mol. The van der Waals surface area contributed by atoms with Gasteiger partial charge < -0.3 is 40.3 Å². The number of hydrogen-bond acceptors (Lipinski definition) is 6. The summed E-state index contributed by atoms with van der Waals surface area (Å²) in [6.45, 7) is 3.76. The molecule has 4 aromatic carbocycles. The number of benzene rings is 4. The first kappa shape index (κ1) is 42.6. The maximum absolute atomic E-state index is 11.5. The predicted molar refractivity (Wildman–Crippen MR) is 224 cm³/mol. The summed E-state index contributed by atoms with van der Waals surface area (Å²) in [7, 11) is 3.14. The van der Waals surface area contributed by atoms with Crippen molar-refractivity contribution in [1.29, 1.82) is 0 Å². The fraction of sp³-hybridized carbons (Fsp3) is 0.182. The number of rotatable bonds is 14. The van der Waals surface area contributed by atoms with Gasteiger partial charge in [0.1, 0.15) is 11.5 Å². The van der Waals surface area contributed by atoms with Crippen molar-refractivity contribution in [2.75, 3.05) is 14.2 Å². The number of carbonyl (C=O) groups excluding carboxylic acids is 2. The van der Waals surface area contributed by atoms with Crippen LogP contribution in [0.2, 0.25) is 10.0 Å². The summed E-state index contributed by atoms with van der Waals surface area (Å²) < 4.78 is 14.7. The molecule has 12 nitrogen and oxygen atoms in total. The average Bonchev–Trinajstić information content (AvgIpc) is 3.80. The number of carboxylic acid groups (broad SMARTS) is 2. The molecule has 14 heteroatoms. The SMILES string of the molecule is COc1cc(Cl)ccc1-c1ccc(CCC(=O)O)n1-c1ccc(C(N)=O)cc1C.COc1ccc(-c2ccc(CCC(=O)O)n2-c2ccc(C(N)=O)cc2C)c(Cl)c1. The van der Waals surface area contributed by atoms with E-state index in [4.69, 9.17) is 54.4 Å². The van der Waals surface area contributed by atoms with Crippen LogP contribution in [0.15, 0.2) is 97.1 Å². The van der Waals surface area contributed by atoms with Gasteiger partial charge in [0.05, 0.1) is 43.5 Å². The van der Waals surface area contributed by atoms with Gasteiger partial charge in [-0.05, 0) is 135 Å². The lowest BCUT2D eigenvalue weighted by Crippen LogP contribution is -2.12. The van der Waals surface area contributed by atoms with E-state index in [1.54, 1.807) is 62.8 Å². The first-order valence-electron chi connectivity index (χ1n) is 18.0. The smallest absolute Gasteiger partial charge is 0.303 e. The molecule has 0 fully saturated rings. The van der Waals surface area contributed by atoms with E-state index in [1.165, 1.54) is 0 Å². The number of hydrogen-bond donors (Lipinski definition) is 4. The minimum absolute atomic E-state index is 0.000374. The van der Waals surface area contributed by atoms with Crippen molar-refractivity contribution < 1.29 is 38.9 Å². The van der Waals surface area contributed by atoms with Crippen LogP contribution in [0, 0.1) is 13.8 Å². The Morgan fingerprint density at radius 3 is 1.50 bits per heavy atom. The van der Waals surface area contributed by atoms with Crippen LogP contribution in [-0.2, 0) is 22.4 Å². The molecule has 2 amide bonds. The molecule has 0 unspecified atom stereocenters. The first-order valence-corrected chi connectivity index (χ1v) is 18.7. The normalized spacial score (nSPS) is 10.7. The molecule has 6 aromatic rings. The molecule has 6 rings (SSSR count). The van der Waals surface area contributed by atoms with E-state index in [9.17, 15) is 19.2 Å². The Balaban J connectivity index is 0.000000221. The van der Waals surface area contributed by atoms with Gasteiger partial charge in [-0.1, -0.05) is 23.2 Å². The Hall–Kier alpha value is -6.50. The molecule has 0 bridgehead atoms. The molecular weight excluding hydrogens is 783 g/mol. The summed E-state index contributed by atoms with van der Waals surface area (Å²) >= 11 is 12.6. The number of methoxy groups -OCH3 is 2. The van der Waals surface area contributed by atoms with Crippen LogP contribution >= 0.6 is 23.2 Å². The zero-order valence-electron chi connectivity index (χ0n) is 32.2. The third-order valence-electron chi connectivity index (χ3n) is 9.45. The van der Waals surface area contributed by atoms with Crippen LogP contribution in [0.3, 0.4) is 0 Å². The van der Waals surface area contributed by atoms with Crippen molar-refractivity contribution in [3.05, 3.63) is 141 Å². The minimum Gasteiger partial charge on any atom is -0.497 e. The summed E-state index contributed by atoms with van der Waals surface area (Å²) in [5, 5.41) is 19.3. The molecule has 0 atom stereocenters. The Bertz CT molecular complexity index is 2520. The van der Waals surface area contributed by atoms with E-state index in [2.05, 4.69) is 0 Å². The number of carboxylic acids is 2. The van der Waals surface area contributed by atoms with Gasteiger partial charge in [0.2, 0.25) is 11.8 Å². The zero-order chi connectivity index (χ0) is 42.3. The summed E-state index contributed by atoms with van der Waals surface area (Å²) in [6.07, 6.45) is 0.695. The van der Waals surface area contributed by atoms with Crippen LogP contribution in [0.25, 0.3) is 33.9 Å². The van der Waals surface area contributed by atoms with Crippen molar-refractivity contribution >= 4 is 47.0 Å². The Labute approximate surface area is 345 Å². The van der Waals surface area contributed by atoms with Gasteiger partial charge in [-0.15, -0.1) is 0 Å². The lowest BCUT2D eigenvalue weighted by molar-refractivity contribution is -0.138. The molecule has 0 aliphatic heterocycles. The molecular formula is C44H42Cl2N4O8. The van der Waals surface area contributed by atoms with Crippen molar-refractivity contribution in [2.45, 2.75) is 39.5 Å². The minimum atomic E-state index is -0.873. The summed E-state index contributed by atoms with van der Waals surface area (Å²) in [5.41, 5.74) is 19.8. The lowest BCUT2D eigenvalue weighted by atomic mass is 10.1. The molecule has 0 aliphatic rings. The van der Waals surface area contributed by atoms with E-state index in [0.29, 0.717) is 45.5 Å². The highest BCUT2D eigenvalue weighted by Gasteiger charge is 2.20. The third kappa shape index (κ3) is 9.71. The summed E-state index contributed by atoms with van der Waals surface area (Å²) in [5.74, 6) is -1.50. The van der Waals surface area contributed by atoms with E-state index in [0.717, 1.165) is 56.4 Å². The van der Waals surface area contributed by atoms with Crippen LogP contribution in [0.4, 0.5) is 0 Å². The topological polar surface area (TPSA) is 189 Å². The molecule has 300 valence electrons. The number of primary amides is 2. The van der Waals surface area contributed by atoms with Crippen molar-refractivity contribution in [1.82, 2.24) is 9.13 Å². The number of amides is 2. The highest BCUT2D eigenvalue weighted by atomic mass is 35.5. The van der Waals surface area contributed by atoms with Gasteiger partial charge in [-0.25, -0.2) is 0 Å². The second-order valence-corrected chi connectivity index (χ2v) is 14.1. The standard InChI is InChI=1S/2C22H21ClN2O4/c1-13-11-14(22(24)28)3-8-19(13)25-15(5-10-21(26)27)4-9-20(25)17-7-6-16(29-2)12-18(17)23;1-13-11-14(22(24)28)3-8-18(13)25-16(6-10-21(26)27)5-9-19(25)17-7-4-15(23)12-20(17)29-2/h3-4,6-9,11-12H,5,10H2,1-2H3,(H2,24,28)(H,26,27);3-5,7-9,11-12H,6,10H2,1-2H3,(H2,24,28)(H,26,27). The second-order valence-electron chi connectivity index (χ2n) is 13.3. The molecule has 2 aromatic heterocycles. The molecule has 6 N–H and O–H groups in total. The number of ether oxygens (including phenoxy) is 2. The van der Waals surface area contributed by atoms with Gasteiger partial charge in [-0.3, -0.25) is 19.2 Å².